The highest BCUT2D eigenvalue weighted by molar-refractivity contribution is 5.81. The lowest BCUT2D eigenvalue weighted by Crippen LogP contribution is -2.48. The zero-order valence-corrected chi connectivity index (χ0v) is 6.72. The number of carbonyl (C=O) groups is 1. The predicted molar refractivity (Wildman–Crippen MR) is 40.1 cm³/mol. The molecule has 1 N–H and O–H groups in total. The van der Waals surface area contributed by atoms with Gasteiger partial charge in [0.1, 0.15) is 5.54 Å². The third kappa shape index (κ3) is 0.872. The highest BCUT2D eigenvalue weighted by Gasteiger charge is 2.50. The second kappa shape index (κ2) is 2.21. The van der Waals surface area contributed by atoms with E-state index in [2.05, 4.69) is 5.32 Å². The van der Waals surface area contributed by atoms with Crippen LogP contribution in [0.2, 0.25) is 0 Å². The number of rotatable bonds is 1. The van der Waals surface area contributed by atoms with E-state index in [4.69, 9.17) is 4.74 Å². The highest BCUT2D eigenvalue weighted by Crippen LogP contribution is 2.40. The lowest BCUT2D eigenvalue weighted by molar-refractivity contribution is -0.147. The minimum absolute atomic E-state index is 0.0718. The van der Waals surface area contributed by atoms with Gasteiger partial charge in [-0.05, 0) is 31.7 Å². The Morgan fingerprint density at radius 3 is 2.91 bits per heavy atom. The van der Waals surface area contributed by atoms with Gasteiger partial charge >= 0.3 is 5.97 Å². The molecule has 11 heavy (non-hydrogen) atoms. The lowest BCUT2D eigenvalue weighted by Gasteiger charge is -2.23. The minimum atomic E-state index is -0.292. The zero-order chi connectivity index (χ0) is 7.90. The molecule has 0 aromatic carbocycles. The van der Waals surface area contributed by atoms with Gasteiger partial charge in [0.05, 0.1) is 7.11 Å². The van der Waals surface area contributed by atoms with E-state index in [-0.39, 0.29) is 11.5 Å². The van der Waals surface area contributed by atoms with E-state index in [1.807, 2.05) is 0 Å². The Balaban J connectivity index is 2.16. The monoisotopic (exact) mass is 155 g/mol. The van der Waals surface area contributed by atoms with Crippen LogP contribution in [0.15, 0.2) is 0 Å². The van der Waals surface area contributed by atoms with Gasteiger partial charge in [-0.25, -0.2) is 0 Å². The molecule has 3 heteroatoms. The molecule has 3 nitrogen and oxygen atoms in total. The van der Waals surface area contributed by atoms with Crippen LogP contribution in [-0.4, -0.2) is 25.2 Å². The van der Waals surface area contributed by atoms with Crippen LogP contribution in [0.5, 0.6) is 0 Å². The predicted octanol–water partition coefficient (Wildman–Crippen LogP) is 0.301. The number of piperidine rings is 1. The third-order valence-electron chi connectivity index (χ3n) is 2.92. The maximum Gasteiger partial charge on any atom is 0.326 e. The topological polar surface area (TPSA) is 38.3 Å². The molecule has 0 radical (unpaired) electrons. The normalized spacial score (nSPS) is 41.0. The Kier molecular flexibility index (Phi) is 1.42. The van der Waals surface area contributed by atoms with Crippen LogP contribution in [0.1, 0.15) is 19.3 Å². The maximum atomic E-state index is 11.3. The number of fused-ring (bicyclic) bond motifs is 2. The lowest BCUT2D eigenvalue weighted by atomic mass is 10.00. The smallest absolute Gasteiger partial charge is 0.326 e. The number of hydrogen-bond acceptors (Lipinski definition) is 3. The minimum Gasteiger partial charge on any atom is -0.468 e. The largest absolute Gasteiger partial charge is 0.468 e. The molecule has 1 heterocycles. The van der Waals surface area contributed by atoms with Gasteiger partial charge in [0.25, 0.3) is 0 Å². The first-order chi connectivity index (χ1) is 5.27. The van der Waals surface area contributed by atoms with Crippen molar-refractivity contribution < 1.29 is 9.53 Å². The van der Waals surface area contributed by atoms with Crippen molar-refractivity contribution in [2.75, 3.05) is 13.7 Å². The highest BCUT2D eigenvalue weighted by atomic mass is 16.5. The summed E-state index contributed by atoms with van der Waals surface area (Å²) in [4.78, 5) is 11.3. The van der Waals surface area contributed by atoms with Gasteiger partial charge in [-0.15, -0.1) is 0 Å². The molecule has 0 amide bonds. The van der Waals surface area contributed by atoms with Gasteiger partial charge in [-0.2, -0.15) is 0 Å². The van der Waals surface area contributed by atoms with E-state index in [0.717, 1.165) is 19.4 Å². The molecule has 2 atom stereocenters. The molecule has 62 valence electrons. The Morgan fingerprint density at radius 1 is 1.73 bits per heavy atom. The van der Waals surface area contributed by atoms with E-state index >= 15 is 0 Å². The zero-order valence-electron chi connectivity index (χ0n) is 6.72. The first-order valence-corrected chi connectivity index (χ1v) is 4.10. The number of hydrogen-bond donors (Lipinski definition) is 1. The van der Waals surface area contributed by atoms with E-state index in [0.29, 0.717) is 5.92 Å². The summed E-state index contributed by atoms with van der Waals surface area (Å²) in [5.74, 6) is 0.645. The van der Waals surface area contributed by atoms with Crippen LogP contribution in [0.25, 0.3) is 0 Å². The molecule has 0 spiro atoms. The molecule has 1 saturated heterocycles. The molecular weight excluding hydrogens is 142 g/mol. The summed E-state index contributed by atoms with van der Waals surface area (Å²) < 4.78 is 4.75. The summed E-state index contributed by atoms with van der Waals surface area (Å²) in [5.41, 5.74) is -0.292. The number of ether oxygens (including phenoxy) is 1. The molecule has 2 rings (SSSR count). The van der Waals surface area contributed by atoms with Crippen molar-refractivity contribution in [2.45, 2.75) is 24.8 Å². The van der Waals surface area contributed by atoms with Crippen molar-refractivity contribution in [1.29, 1.82) is 0 Å². The van der Waals surface area contributed by atoms with Crippen LogP contribution >= 0.6 is 0 Å². The van der Waals surface area contributed by atoms with Crippen LogP contribution in [0.3, 0.4) is 0 Å². The van der Waals surface area contributed by atoms with Gasteiger partial charge < -0.3 is 10.1 Å². The van der Waals surface area contributed by atoms with Gasteiger partial charge in [-0.3, -0.25) is 4.79 Å². The molecule has 2 aliphatic rings. The molecule has 0 unspecified atom stereocenters. The van der Waals surface area contributed by atoms with Gasteiger partial charge in [0.15, 0.2) is 0 Å². The Hall–Kier alpha value is -0.570. The Labute approximate surface area is 66.1 Å². The molecule has 1 saturated carbocycles. The summed E-state index contributed by atoms with van der Waals surface area (Å²) in [5, 5.41) is 3.25. The molecule has 1 aliphatic heterocycles. The van der Waals surface area contributed by atoms with Crippen LogP contribution in [0, 0.1) is 5.92 Å². The summed E-state index contributed by atoms with van der Waals surface area (Å²) in [7, 11) is 1.46. The van der Waals surface area contributed by atoms with E-state index in [1.165, 1.54) is 13.5 Å². The number of carbonyl (C=O) groups excluding carboxylic acids is 1. The quantitative estimate of drug-likeness (QED) is 0.553. The van der Waals surface area contributed by atoms with E-state index in [9.17, 15) is 4.79 Å². The van der Waals surface area contributed by atoms with Crippen molar-refractivity contribution >= 4 is 5.97 Å². The third-order valence-corrected chi connectivity index (χ3v) is 2.92. The summed E-state index contributed by atoms with van der Waals surface area (Å²) in [6.45, 7) is 0.995. The second-order valence-corrected chi connectivity index (χ2v) is 3.56. The van der Waals surface area contributed by atoms with Crippen LogP contribution < -0.4 is 5.32 Å². The number of nitrogens with one attached hydrogen (secondary N) is 1. The Bertz CT molecular complexity index is 183. The fourth-order valence-corrected chi connectivity index (χ4v) is 2.27. The maximum absolute atomic E-state index is 11.3. The number of esters is 1. The van der Waals surface area contributed by atoms with Crippen LogP contribution in [-0.2, 0) is 9.53 Å². The standard InChI is InChI=1S/C8H13NO2/c1-11-7(10)8-3-2-6(4-8)5-9-8/h6,9H,2-5H2,1H3/t6-,8+/m1/s1. The molecule has 2 bridgehead atoms. The summed E-state index contributed by atoms with van der Waals surface area (Å²) in [6, 6.07) is 0. The molecule has 0 aromatic rings. The summed E-state index contributed by atoms with van der Waals surface area (Å²) >= 11 is 0. The van der Waals surface area contributed by atoms with Crippen LogP contribution in [0.4, 0.5) is 0 Å². The number of methoxy groups -OCH3 is 1. The van der Waals surface area contributed by atoms with Crippen molar-refractivity contribution in [3.05, 3.63) is 0 Å². The van der Waals surface area contributed by atoms with Gasteiger partial charge in [0.2, 0.25) is 0 Å². The van der Waals surface area contributed by atoms with Crippen molar-refractivity contribution in [3.63, 3.8) is 0 Å². The SMILES string of the molecule is COC(=O)[C@@]12CC[C@@H](CN1)C2. The van der Waals surface area contributed by atoms with Gasteiger partial charge in [0, 0.05) is 0 Å². The van der Waals surface area contributed by atoms with Crippen molar-refractivity contribution in [1.82, 2.24) is 5.32 Å². The molecule has 0 aromatic heterocycles. The van der Waals surface area contributed by atoms with Crippen molar-refractivity contribution in [2.24, 2.45) is 5.92 Å². The fourth-order valence-electron chi connectivity index (χ4n) is 2.27. The second-order valence-electron chi connectivity index (χ2n) is 3.56. The molecule has 2 fully saturated rings. The fraction of sp³-hybridized carbons (Fsp3) is 0.875. The summed E-state index contributed by atoms with van der Waals surface area (Å²) in [6.07, 6.45) is 3.13. The molecular formula is C8H13NO2. The van der Waals surface area contributed by atoms with Gasteiger partial charge in [-0.1, -0.05) is 0 Å². The first kappa shape index (κ1) is 7.10. The van der Waals surface area contributed by atoms with E-state index < -0.39 is 0 Å². The average molecular weight is 155 g/mol. The Morgan fingerprint density at radius 2 is 2.55 bits per heavy atom. The van der Waals surface area contributed by atoms with Crippen molar-refractivity contribution in [3.8, 4) is 0 Å². The average Bonchev–Trinajstić information content (AvgIpc) is 2.62. The first-order valence-electron chi connectivity index (χ1n) is 4.10. The van der Waals surface area contributed by atoms with E-state index in [1.54, 1.807) is 0 Å². The molecule has 1 aliphatic carbocycles.